The van der Waals surface area contributed by atoms with Crippen molar-refractivity contribution in [3.63, 3.8) is 0 Å². The smallest absolute Gasteiger partial charge is 0.338 e. The van der Waals surface area contributed by atoms with Gasteiger partial charge in [0.25, 0.3) is 10.0 Å². The predicted molar refractivity (Wildman–Crippen MR) is 94.4 cm³/mol. The second-order valence-corrected chi connectivity index (χ2v) is 7.80. The van der Waals surface area contributed by atoms with Gasteiger partial charge in [0.15, 0.2) is 0 Å². The maximum atomic E-state index is 13.6. The molecule has 0 aliphatic heterocycles. The highest BCUT2D eigenvalue weighted by atomic mass is 35.5. The molecular formula is C15H11ClFNO6S2. The lowest BCUT2D eigenvalue weighted by Gasteiger charge is -2.13. The van der Waals surface area contributed by atoms with Gasteiger partial charge in [0.1, 0.15) is 10.7 Å². The van der Waals surface area contributed by atoms with Crippen LogP contribution < -0.4 is 4.72 Å². The molecule has 0 atom stereocenters. The Balaban J connectivity index is 2.52. The van der Waals surface area contributed by atoms with Crippen LogP contribution in [0, 0.1) is 5.82 Å². The Morgan fingerprint density at radius 2 is 1.81 bits per heavy atom. The standard InChI is InChI=1S/C15H11ClFNO6S2/c1-25-12-4-7(14(19)20)2-3-11(12)18-26(23,24)13-5-8(15(21)22)10(17)6-9(13)16/h2-6,18H,1H3,(H,19,20)(H,21,22). The molecular weight excluding hydrogens is 409 g/mol. The van der Waals surface area contributed by atoms with Gasteiger partial charge in [-0.15, -0.1) is 11.8 Å². The maximum absolute atomic E-state index is 13.6. The molecule has 0 saturated carbocycles. The molecule has 0 radical (unpaired) electrons. The quantitative estimate of drug-likeness (QED) is 0.613. The molecule has 3 N–H and O–H groups in total. The van der Waals surface area contributed by atoms with Crippen LogP contribution in [0.3, 0.4) is 0 Å². The second-order valence-electron chi connectivity index (χ2n) is 4.89. The minimum Gasteiger partial charge on any atom is -0.478 e. The van der Waals surface area contributed by atoms with Gasteiger partial charge in [-0.05, 0) is 36.6 Å². The highest BCUT2D eigenvalue weighted by molar-refractivity contribution is 7.99. The molecule has 0 aliphatic carbocycles. The number of benzene rings is 2. The Bertz CT molecular complexity index is 1010. The van der Waals surface area contributed by atoms with Crippen molar-refractivity contribution >= 4 is 51.0 Å². The first kappa shape index (κ1) is 20.0. The van der Waals surface area contributed by atoms with Gasteiger partial charge in [-0.1, -0.05) is 11.6 Å². The maximum Gasteiger partial charge on any atom is 0.338 e. The molecule has 0 unspecified atom stereocenters. The number of hydrogen-bond donors (Lipinski definition) is 3. The molecule has 0 heterocycles. The van der Waals surface area contributed by atoms with Crippen LogP contribution in [0.15, 0.2) is 40.1 Å². The molecule has 2 rings (SSSR count). The minimum absolute atomic E-state index is 0.0368. The van der Waals surface area contributed by atoms with Crippen LogP contribution in [0.1, 0.15) is 20.7 Å². The summed E-state index contributed by atoms with van der Waals surface area (Å²) in [5.41, 5.74) is -0.814. The number of anilines is 1. The number of carbonyl (C=O) groups is 2. The highest BCUT2D eigenvalue weighted by Gasteiger charge is 2.24. The Morgan fingerprint density at radius 1 is 1.15 bits per heavy atom. The number of carboxylic acid groups (broad SMARTS) is 2. The third-order valence-electron chi connectivity index (χ3n) is 3.23. The molecule has 7 nitrogen and oxygen atoms in total. The van der Waals surface area contributed by atoms with E-state index in [0.717, 1.165) is 11.8 Å². The Labute approximate surface area is 156 Å². The van der Waals surface area contributed by atoms with Crippen molar-refractivity contribution in [3.05, 3.63) is 52.3 Å². The van der Waals surface area contributed by atoms with Gasteiger partial charge in [-0.3, -0.25) is 4.72 Å². The van der Waals surface area contributed by atoms with Crippen molar-refractivity contribution in [2.75, 3.05) is 11.0 Å². The Hall–Kier alpha value is -2.30. The number of rotatable bonds is 6. The van der Waals surface area contributed by atoms with Crippen molar-refractivity contribution in [1.82, 2.24) is 0 Å². The van der Waals surface area contributed by atoms with E-state index in [2.05, 4.69) is 4.72 Å². The van der Waals surface area contributed by atoms with Gasteiger partial charge in [-0.25, -0.2) is 22.4 Å². The van der Waals surface area contributed by atoms with Crippen LogP contribution in [0.5, 0.6) is 0 Å². The number of aromatic carboxylic acids is 2. The van der Waals surface area contributed by atoms with E-state index in [1.807, 2.05) is 0 Å². The van der Waals surface area contributed by atoms with E-state index in [0.29, 0.717) is 17.0 Å². The van der Waals surface area contributed by atoms with Crippen LogP contribution in [-0.4, -0.2) is 36.8 Å². The van der Waals surface area contributed by atoms with Crippen molar-refractivity contribution in [2.24, 2.45) is 0 Å². The van der Waals surface area contributed by atoms with Crippen LogP contribution >= 0.6 is 23.4 Å². The molecule has 0 aliphatic rings. The van der Waals surface area contributed by atoms with Crippen molar-refractivity contribution in [3.8, 4) is 0 Å². The van der Waals surface area contributed by atoms with Crippen LogP contribution in [0.4, 0.5) is 10.1 Å². The van der Waals surface area contributed by atoms with Crippen molar-refractivity contribution in [1.29, 1.82) is 0 Å². The summed E-state index contributed by atoms with van der Waals surface area (Å²) < 4.78 is 40.9. The molecule has 0 aromatic heterocycles. The fourth-order valence-corrected chi connectivity index (χ4v) is 4.28. The van der Waals surface area contributed by atoms with Gasteiger partial charge < -0.3 is 10.2 Å². The summed E-state index contributed by atoms with van der Waals surface area (Å²) in [5.74, 6) is -3.99. The number of nitrogens with one attached hydrogen (secondary N) is 1. The molecule has 0 saturated heterocycles. The van der Waals surface area contributed by atoms with E-state index in [-0.39, 0.29) is 11.3 Å². The molecule has 2 aromatic rings. The van der Waals surface area contributed by atoms with E-state index in [9.17, 15) is 22.4 Å². The number of halogens is 2. The summed E-state index contributed by atoms with van der Waals surface area (Å²) in [5, 5.41) is 17.4. The van der Waals surface area contributed by atoms with Gasteiger partial charge in [-0.2, -0.15) is 0 Å². The summed E-state index contributed by atoms with van der Waals surface area (Å²) in [6.07, 6.45) is 1.62. The molecule has 2 aromatic carbocycles. The van der Waals surface area contributed by atoms with Gasteiger partial charge in [0, 0.05) is 4.90 Å². The highest BCUT2D eigenvalue weighted by Crippen LogP contribution is 2.31. The zero-order chi connectivity index (χ0) is 19.6. The fraction of sp³-hybridized carbons (Fsp3) is 0.0667. The van der Waals surface area contributed by atoms with E-state index in [1.54, 1.807) is 6.26 Å². The predicted octanol–water partition coefficient (Wildman–Crippen LogP) is 3.40. The Morgan fingerprint density at radius 3 is 2.35 bits per heavy atom. The largest absolute Gasteiger partial charge is 0.478 e. The molecule has 0 amide bonds. The zero-order valence-corrected chi connectivity index (χ0v) is 15.4. The second kappa shape index (κ2) is 7.52. The molecule has 138 valence electrons. The Kier molecular flexibility index (Phi) is 5.79. The summed E-state index contributed by atoms with van der Waals surface area (Å²) in [4.78, 5) is 21.7. The van der Waals surface area contributed by atoms with E-state index < -0.39 is 43.3 Å². The first-order valence-corrected chi connectivity index (χ1v) is 9.82. The first-order chi connectivity index (χ1) is 12.1. The number of thioether (sulfide) groups is 1. The minimum atomic E-state index is -4.36. The number of carboxylic acids is 2. The van der Waals surface area contributed by atoms with E-state index in [4.69, 9.17) is 21.8 Å². The summed E-state index contributed by atoms with van der Waals surface area (Å²) >= 11 is 6.86. The third kappa shape index (κ3) is 4.09. The van der Waals surface area contributed by atoms with Crippen LogP contribution in [-0.2, 0) is 10.0 Å². The van der Waals surface area contributed by atoms with Crippen molar-refractivity contribution < 1.29 is 32.6 Å². The average Bonchev–Trinajstić information content (AvgIpc) is 2.53. The van der Waals surface area contributed by atoms with Crippen LogP contribution in [0.25, 0.3) is 0 Å². The van der Waals surface area contributed by atoms with E-state index >= 15 is 0 Å². The van der Waals surface area contributed by atoms with Gasteiger partial charge in [0.05, 0.1) is 21.8 Å². The fourth-order valence-electron chi connectivity index (χ4n) is 2.01. The molecule has 26 heavy (non-hydrogen) atoms. The third-order valence-corrected chi connectivity index (χ3v) is 5.84. The molecule has 11 heteroatoms. The lowest BCUT2D eigenvalue weighted by Crippen LogP contribution is -2.16. The zero-order valence-electron chi connectivity index (χ0n) is 13.0. The molecule has 0 spiro atoms. The lowest BCUT2D eigenvalue weighted by molar-refractivity contribution is 0.0683. The first-order valence-electron chi connectivity index (χ1n) is 6.73. The van der Waals surface area contributed by atoms with E-state index in [1.165, 1.54) is 18.2 Å². The summed E-state index contributed by atoms with van der Waals surface area (Å²) in [6, 6.07) is 4.95. The average molecular weight is 420 g/mol. The van der Waals surface area contributed by atoms with Gasteiger partial charge in [0.2, 0.25) is 0 Å². The van der Waals surface area contributed by atoms with Crippen LogP contribution in [0.2, 0.25) is 5.02 Å². The number of sulfonamides is 1. The van der Waals surface area contributed by atoms with Crippen molar-refractivity contribution in [2.45, 2.75) is 9.79 Å². The lowest BCUT2D eigenvalue weighted by atomic mass is 10.2. The summed E-state index contributed by atoms with van der Waals surface area (Å²) in [7, 11) is -4.36. The normalized spacial score (nSPS) is 11.2. The summed E-state index contributed by atoms with van der Waals surface area (Å²) in [6.45, 7) is 0. The van der Waals surface area contributed by atoms with Gasteiger partial charge >= 0.3 is 11.9 Å². The SMILES string of the molecule is CSc1cc(C(=O)O)ccc1NS(=O)(=O)c1cc(C(=O)O)c(F)cc1Cl. The topological polar surface area (TPSA) is 121 Å². The number of hydrogen-bond acceptors (Lipinski definition) is 5. The molecule has 0 fully saturated rings. The monoisotopic (exact) mass is 419 g/mol. The molecule has 0 bridgehead atoms.